The number of aliphatic hydroxyl groups excluding tert-OH is 1. The summed E-state index contributed by atoms with van der Waals surface area (Å²) in [5, 5.41) is 9.26. The molecule has 0 bridgehead atoms. The van der Waals surface area contributed by atoms with Crippen LogP contribution in [0.1, 0.15) is 25.6 Å². The van der Waals surface area contributed by atoms with E-state index in [-0.39, 0.29) is 11.7 Å². The molecule has 0 amide bonds. The number of rotatable bonds is 5. The molecule has 0 spiro atoms. The van der Waals surface area contributed by atoms with Crippen LogP contribution in [0.3, 0.4) is 0 Å². The first-order valence-electron chi connectivity index (χ1n) is 5.06. The highest BCUT2D eigenvalue weighted by Gasteiger charge is 2.05. The number of carbonyl (C=O) groups excluding carboxylic acids is 1. The molecule has 0 saturated heterocycles. The second-order valence-corrected chi connectivity index (χ2v) is 4.24. The lowest BCUT2D eigenvalue weighted by Gasteiger charge is -2.05. The summed E-state index contributed by atoms with van der Waals surface area (Å²) < 4.78 is 4.81. The van der Waals surface area contributed by atoms with Crippen LogP contribution in [-0.2, 0) is 9.53 Å². The smallest absolute Gasteiger partial charge is 0.316 e. The Bertz CT molecular complexity index is 338. The maximum Gasteiger partial charge on any atom is 0.316 e. The molecule has 4 nitrogen and oxygen atoms in total. The maximum atomic E-state index is 11.1. The average molecular weight is 241 g/mol. The predicted octanol–water partition coefficient (Wildman–Crippen LogP) is 1.79. The molecule has 0 aliphatic heterocycles. The van der Waals surface area contributed by atoms with Gasteiger partial charge in [0.25, 0.3) is 0 Å². The first-order chi connectivity index (χ1) is 7.63. The molecule has 0 aliphatic rings. The van der Waals surface area contributed by atoms with Crippen LogP contribution in [-0.4, -0.2) is 28.4 Å². The van der Waals surface area contributed by atoms with Gasteiger partial charge in [-0.2, -0.15) is 0 Å². The van der Waals surface area contributed by atoms with Gasteiger partial charge in [0.2, 0.25) is 0 Å². The van der Waals surface area contributed by atoms with Gasteiger partial charge in [0, 0.05) is 11.1 Å². The number of hydrogen-bond acceptors (Lipinski definition) is 5. The van der Waals surface area contributed by atoms with Crippen molar-refractivity contribution in [2.45, 2.75) is 24.8 Å². The number of esters is 1. The van der Waals surface area contributed by atoms with E-state index in [0.717, 1.165) is 4.90 Å². The van der Waals surface area contributed by atoms with E-state index in [0.29, 0.717) is 12.3 Å². The molecular formula is C11H15NO3S. The van der Waals surface area contributed by atoms with Gasteiger partial charge in [-0.05, 0) is 26.0 Å². The number of ether oxygens (including phenoxy) is 1. The lowest BCUT2D eigenvalue weighted by Crippen LogP contribution is -2.06. The van der Waals surface area contributed by atoms with Crippen molar-refractivity contribution in [3.05, 3.63) is 24.0 Å². The Hall–Kier alpha value is -1.07. The fourth-order valence-corrected chi connectivity index (χ4v) is 1.73. The molecule has 88 valence electrons. The Kier molecular flexibility index (Phi) is 5.28. The van der Waals surface area contributed by atoms with Crippen molar-refractivity contribution in [2.75, 3.05) is 12.4 Å². The number of aromatic nitrogens is 1. The minimum atomic E-state index is -0.566. The molecule has 16 heavy (non-hydrogen) atoms. The Morgan fingerprint density at radius 3 is 2.88 bits per heavy atom. The van der Waals surface area contributed by atoms with Gasteiger partial charge in [0.15, 0.2) is 0 Å². The molecule has 0 fully saturated rings. The minimum Gasteiger partial charge on any atom is -0.465 e. The zero-order valence-corrected chi connectivity index (χ0v) is 10.2. The van der Waals surface area contributed by atoms with Gasteiger partial charge in [-0.3, -0.25) is 9.78 Å². The van der Waals surface area contributed by atoms with E-state index in [1.165, 1.54) is 11.8 Å². The quantitative estimate of drug-likeness (QED) is 0.629. The molecule has 0 aliphatic carbocycles. The second kappa shape index (κ2) is 6.50. The van der Waals surface area contributed by atoms with Crippen LogP contribution in [0.2, 0.25) is 0 Å². The topological polar surface area (TPSA) is 59.4 Å². The highest BCUT2D eigenvalue weighted by atomic mass is 32.2. The molecule has 0 aromatic carbocycles. The Balaban J connectivity index is 2.46. The van der Waals surface area contributed by atoms with Crippen molar-refractivity contribution in [1.29, 1.82) is 0 Å². The summed E-state index contributed by atoms with van der Waals surface area (Å²) in [4.78, 5) is 16.1. The van der Waals surface area contributed by atoms with Crippen LogP contribution in [0.5, 0.6) is 0 Å². The molecule has 1 N–H and O–H groups in total. The largest absolute Gasteiger partial charge is 0.465 e. The Labute approximate surface area is 99.0 Å². The molecule has 1 aromatic rings. The minimum absolute atomic E-state index is 0.230. The highest BCUT2D eigenvalue weighted by Crippen LogP contribution is 2.18. The van der Waals surface area contributed by atoms with Crippen LogP contribution >= 0.6 is 11.8 Å². The molecular weight excluding hydrogens is 226 g/mol. The number of carbonyl (C=O) groups is 1. The van der Waals surface area contributed by atoms with Crippen molar-refractivity contribution in [3.63, 3.8) is 0 Å². The van der Waals surface area contributed by atoms with Crippen molar-refractivity contribution in [1.82, 2.24) is 4.98 Å². The molecule has 5 heteroatoms. The summed E-state index contributed by atoms with van der Waals surface area (Å²) in [5.41, 5.74) is 0.625. The van der Waals surface area contributed by atoms with E-state index in [1.54, 1.807) is 26.1 Å². The van der Waals surface area contributed by atoms with Gasteiger partial charge in [-0.15, -0.1) is 11.8 Å². The van der Waals surface area contributed by atoms with Crippen LogP contribution in [0.15, 0.2) is 23.2 Å². The van der Waals surface area contributed by atoms with Crippen LogP contribution in [0.25, 0.3) is 0 Å². The van der Waals surface area contributed by atoms with E-state index >= 15 is 0 Å². The molecule has 0 radical (unpaired) electrons. The Morgan fingerprint density at radius 2 is 2.38 bits per heavy atom. The van der Waals surface area contributed by atoms with Crippen LogP contribution in [0.4, 0.5) is 0 Å². The summed E-state index contributed by atoms with van der Waals surface area (Å²) >= 11 is 1.37. The third-order valence-corrected chi connectivity index (χ3v) is 2.80. The van der Waals surface area contributed by atoms with Gasteiger partial charge in [-0.1, -0.05) is 0 Å². The monoisotopic (exact) mass is 241 g/mol. The third kappa shape index (κ3) is 4.20. The van der Waals surface area contributed by atoms with Gasteiger partial charge in [0.05, 0.1) is 24.2 Å². The van der Waals surface area contributed by atoms with E-state index in [9.17, 15) is 9.90 Å². The van der Waals surface area contributed by atoms with E-state index < -0.39 is 6.10 Å². The van der Waals surface area contributed by atoms with Crippen molar-refractivity contribution in [2.24, 2.45) is 0 Å². The number of pyridine rings is 1. The molecule has 1 aromatic heterocycles. The van der Waals surface area contributed by atoms with E-state index in [4.69, 9.17) is 4.74 Å². The maximum absolute atomic E-state index is 11.1. The lowest BCUT2D eigenvalue weighted by atomic mass is 10.2. The Morgan fingerprint density at radius 1 is 1.62 bits per heavy atom. The summed E-state index contributed by atoms with van der Waals surface area (Å²) in [6, 6.07) is 3.58. The molecule has 1 heterocycles. The highest BCUT2D eigenvalue weighted by molar-refractivity contribution is 8.00. The second-order valence-electron chi connectivity index (χ2n) is 3.19. The summed E-state index contributed by atoms with van der Waals surface area (Å²) in [6.45, 7) is 3.84. The number of thioether (sulfide) groups is 1. The zero-order chi connectivity index (χ0) is 12.0. The lowest BCUT2D eigenvalue weighted by molar-refractivity contribution is -0.139. The summed E-state index contributed by atoms with van der Waals surface area (Å²) in [6.07, 6.45) is 1.08. The first kappa shape index (κ1) is 13.0. The summed E-state index contributed by atoms with van der Waals surface area (Å²) in [7, 11) is 0. The number of aliphatic hydroxyl groups is 1. The fraction of sp³-hybridized carbons (Fsp3) is 0.455. The number of hydrogen-bond donors (Lipinski definition) is 1. The third-order valence-electron chi connectivity index (χ3n) is 1.85. The first-order valence-corrected chi connectivity index (χ1v) is 6.04. The van der Waals surface area contributed by atoms with E-state index in [1.807, 2.05) is 6.07 Å². The SMILES string of the molecule is CCOC(=O)CSc1ccc([C@@H](C)O)nc1. The molecule has 1 rings (SSSR count). The summed E-state index contributed by atoms with van der Waals surface area (Å²) in [5.74, 6) is 0.0518. The van der Waals surface area contributed by atoms with Gasteiger partial charge >= 0.3 is 5.97 Å². The van der Waals surface area contributed by atoms with Gasteiger partial charge in [-0.25, -0.2) is 0 Å². The van der Waals surface area contributed by atoms with Crippen LogP contribution in [0, 0.1) is 0 Å². The average Bonchev–Trinajstić information content (AvgIpc) is 2.27. The standard InChI is InChI=1S/C11H15NO3S/c1-3-15-11(14)7-16-9-4-5-10(8(2)13)12-6-9/h4-6,8,13H,3,7H2,1-2H3/t8-/m1/s1. The van der Waals surface area contributed by atoms with Crippen molar-refractivity contribution < 1.29 is 14.6 Å². The molecule has 0 unspecified atom stereocenters. The predicted molar refractivity (Wildman–Crippen MR) is 62.2 cm³/mol. The number of nitrogens with zero attached hydrogens (tertiary/aromatic N) is 1. The zero-order valence-electron chi connectivity index (χ0n) is 9.34. The molecule has 1 atom stereocenters. The van der Waals surface area contributed by atoms with E-state index in [2.05, 4.69) is 4.98 Å². The van der Waals surface area contributed by atoms with Gasteiger partial charge < -0.3 is 9.84 Å². The van der Waals surface area contributed by atoms with Crippen LogP contribution < -0.4 is 0 Å². The normalized spacial score (nSPS) is 12.2. The van der Waals surface area contributed by atoms with Gasteiger partial charge in [0.1, 0.15) is 0 Å². The van der Waals surface area contributed by atoms with Crippen molar-refractivity contribution in [3.8, 4) is 0 Å². The molecule has 0 saturated carbocycles. The fourth-order valence-electron chi connectivity index (χ4n) is 1.07. The van der Waals surface area contributed by atoms with Crippen molar-refractivity contribution >= 4 is 17.7 Å².